The van der Waals surface area contributed by atoms with Crippen LogP contribution in [-0.4, -0.2) is 43.1 Å². The van der Waals surface area contributed by atoms with Crippen LogP contribution >= 0.6 is 19.7 Å². The fraction of sp³-hybridized carbons (Fsp3) is 0.200. The molecule has 1 heterocycles. The van der Waals surface area contributed by atoms with Crippen molar-refractivity contribution >= 4 is 48.7 Å². The summed E-state index contributed by atoms with van der Waals surface area (Å²) in [6, 6.07) is 11.0. The van der Waals surface area contributed by atoms with Crippen LogP contribution in [0.25, 0.3) is 11.1 Å². The molecule has 1 atom stereocenters. The predicted octanol–water partition coefficient (Wildman–Crippen LogP) is 6.20. The Bertz CT molecular complexity index is 1360. The van der Waals surface area contributed by atoms with Crippen molar-refractivity contribution in [3.63, 3.8) is 0 Å². The molecule has 1 aliphatic heterocycles. The molecule has 12 heteroatoms. The fourth-order valence-electron chi connectivity index (χ4n) is 4.01. The Morgan fingerprint density at radius 3 is 2.51 bits per heavy atom. The minimum Gasteiger partial charge on any atom is -0.326 e. The maximum atomic E-state index is 15.3. The molecule has 3 amide bonds. The van der Waals surface area contributed by atoms with Gasteiger partial charge in [-0.2, -0.15) is 0 Å². The zero-order valence-electron chi connectivity index (χ0n) is 19.8. The number of carbonyl (C=O) groups is 2. The van der Waals surface area contributed by atoms with E-state index in [1.807, 2.05) is 13.3 Å². The molecule has 3 N–H and O–H groups in total. The van der Waals surface area contributed by atoms with Crippen molar-refractivity contribution in [3.8, 4) is 11.1 Å². The molecule has 7 nitrogen and oxygen atoms in total. The summed E-state index contributed by atoms with van der Waals surface area (Å²) in [6.45, 7) is 3.65. The average Bonchev–Trinajstić information content (AvgIpc) is 3.21. The topological polar surface area (TPSA) is 84.9 Å². The molecule has 1 aliphatic rings. The molecule has 3 aromatic rings. The summed E-state index contributed by atoms with van der Waals surface area (Å²) in [6.07, 6.45) is 0.136. The zero-order valence-corrected chi connectivity index (χ0v) is 21.5. The van der Waals surface area contributed by atoms with Gasteiger partial charge in [0.15, 0.2) is 11.6 Å². The molecule has 4 rings (SSSR count). The molecular weight excluding hydrogens is 528 g/mol. The summed E-state index contributed by atoms with van der Waals surface area (Å²) < 4.78 is 44.4. The van der Waals surface area contributed by atoms with Gasteiger partial charge in [-0.15, -0.1) is 0 Å². The molecule has 194 valence electrons. The van der Waals surface area contributed by atoms with Gasteiger partial charge in [-0.3, -0.25) is 10.0 Å². The predicted molar refractivity (Wildman–Crippen MR) is 139 cm³/mol. The third-order valence-electron chi connectivity index (χ3n) is 5.83. The third-order valence-corrected chi connectivity index (χ3v) is 7.04. The lowest BCUT2D eigenvalue weighted by Crippen LogP contribution is -2.43. The second-order valence-electron chi connectivity index (χ2n) is 8.47. The largest absolute Gasteiger partial charge is 0.326 e. The van der Waals surface area contributed by atoms with Crippen molar-refractivity contribution < 1.29 is 28.0 Å². The molecule has 1 fully saturated rings. The van der Waals surface area contributed by atoms with Gasteiger partial charge >= 0.3 is 6.03 Å². The Morgan fingerprint density at radius 1 is 1.08 bits per heavy atom. The zero-order chi connectivity index (χ0) is 26.9. The molecule has 0 radical (unpaired) electrons. The van der Waals surface area contributed by atoms with Gasteiger partial charge in [-0.05, 0) is 56.1 Å². The average molecular weight is 551 g/mol. The smallest absolute Gasteiger partial charge is 0.319 e. The first-order chi connectivity index (χ1) is 17.6. The van der Waals surface area contributed by atoms with Gasteiger partial charge in [0.1, 0.15) is 11.9 Å². The first-order valence-electron chi connectivity index (χ1n) is 11.2. The van der Waals surface area contributed by atoms with Crippen LogP contribution in [-0.2, 0) is 4.79 Å². The minimum atomic E-state index is -1.23. The molecule has 0 bridgehead atoms. The Labute approximate surface area is 217 Å². The highest BCUT2D eigenvalue weighted by Crippen LogP contribution is 2.42. The maximum Gasteiger partial charge on any atom is 0.319 e. The third kappa shape index (κ3) is 5.51. The van der Waals surface area contributed by atoms with Crippen molar-refractivity contribution in [2.45, 2.75) is 12.5 Å². The number of rotatable bonds is 6. The maximum absolute atomic E-state index is 15.3. The summed E-state index contributed by atoms with van der Waals surface area (Å²) in [5.41, 5.74) is 0.148. The van der Waals surface area contributed by atoms with Gasteiger partial charge in [0.05, 0.1) is 17.1 Å². The first-order valence-corrected chi connectivity index (χ1v) is 13.7. The van der Waals surface area contributed by atoms with Crippen LogP contribution in [0, 0.1) is 17.5 Å². The van der Waals surface area contributed by atoms with Crippen LogP contribution in [0.15, 0.2) is 54.6 Å². The van der Waals surface area contributed by atoms with E-state index in [2.05, 4.69) is 10.6 Å². The van der Waals surface area contributed by atoms with E-state index in [0.717, 1.165) is 15.8 Å². The Kier molecular flexibility index (Phi) is 7.92. The molecule has 0 aliphatic carbocycles. The van der Waals surface area contributed by atoms with Gasteiger partial charge < -0.3 is 15.5 Å². The number of hydrogen-bond donors (Lipinski definition) is 3. The van der Waals surface area contributed by atoms with E-state index in [1.165, 1.54) is 24.3 Å². The number of carbonyl (C=O) groups excluding carboxylic acids is 2. The van der Waals surface area contributed by atoms with Crippen molar-refractivity contribution in [1.29, 1.82) is 0 Å². The number of nitrogens with zero attached hydrogens (tertiary/aromatic N) is 2. The first kappa shape index (κ1) is 26.7. The van der Waals surface area contributed by atoms with E-state index < -0.39 is 43.5 Å². The van der Waals surface area contributed by atoms with Crippen LogP contribution in [0.2, 0.25) is 5.02 Å². The lowest BCUT2D eigenvalue weighted by Gasteiger charge is -2.24. The fourth-order valence-corrected chi connectivity index (χ4v) is 4.77. The Balaban J connectivity index is 1.52. The van der Waals surface area contributed by atoms with Crippen molar-refractivity contribution in [1.82, 2.24) is 5.32 Å². The molecule has 0 spiro atoms. The number of urea groups is 1. The summed E-state index contributed by atoms with van der Waals surface area (Å²) in [5.74, 6) is -3.79. The number of amides is 3. The van der Waals surface area contributed by atoms with Gasteiger partial charge in [0.25, 0.3) is 0 Å². The standard InChI is InChI=1S/C25H23ClF3N4O3P/c1-37(2)33(36)20-6-4-3-5-15(20)16-8-10-21(23(29)22(16)28)32-12-11-19(24(32)34)31-25(35)30-18-9-7-14(26)13-17(18)27/h3-10,13,19,36H,11-12H2,1-2H3,(H2,30,31,35). The van der Waals surface area contributed by atoms with Gasteiger partial charge in [-0.1, -0.05) is 29.8 Å². The summed E-state index contributed by atoms with van der Waals surface area (Å²) in [5, 5.41) is 15.3. The molecule has 3 aromatic carbocycles. The van der Waals surface area contributed by atoms with E-state index >= 15 is 8.78 Å². The van der Waals surface area contributed by atoms with Crippen LogP contribution in [0.1, 0.15) is 6.42 Å². The van der Waals surface area contributed by atoms with Crippen LogP contribution < -0.4 is 20.4 Å². The van der Waals surface area contributed by atoms with Gasteiger partial charge in [-0.25, -0.2) is 22.8 Å². The molecule has 1 unspecified atom stereocenters. The number of anilines is 3. The van der Waals surface area contributed by atoms with Crippen LogP contribution in [0.3, 0.4) is 0 Å². The van der Waals surface area contributed by atoms with Crippen molar-refractivity contribution in [2.75, 3.05) is 34.9 Å². The summed E-state index contributed by atoms with van der Waals surface area (Å²) in [7, 11) is -0.960. The van der Waals surface area contributed by atoms with Crippen LogP contribution in [0.4, 0.5) is 35.0 Å². The highest BCUT2D eigenvalue weighted by Gasteiger charge is 2.36. The summed E-state index contributed by atoms with van der Waals surface area (Å²) >= 11 is 5.70. The highest BCUT2D eigenvalue weighted by atomic mass is 35.5. The van der Waals surface area contributed by atoms with E-state index in [9.17, 15) is 19.2 Å². The molecule has 37 heavy (non-hydrogen) atoms. The molecule has 0 saturated carbocycles. The van der Waals surface area contributed by atoms with Crippen LogP contribution in [0.5, 0.6) is 0 Å². The Hall–Kier alpha value is -3.33. The van der Waals surface area contributed by atoms with E-state index in [4.69, 9.17) is 11.6 Å². The quantitative estimate of drug-likeness (QED) is 0.252. The molecular formula is C25H23ClF3N4O3P. The minimum absolute atomic E-state index is 0.0335. The van der Waals surface area contributed by atoms with E-state index in [1.54, 1.807) is 24.3 Å². The lowest BCUT2D eigenvalue weighted by atomic mass is 10.0. The number of para-hydroxylation sites is 1. The van der Waals surface area contributed by atoms with Gasteiger partial charge in [0.2, 0.25) is 5.91 Å². The Morgan fingerprint density at radius 2 is 1.81 bits per heavy atom. The van der Waals surface area contributed by atoms with Gasteiger partial charge in [0, 0.05) is 30.8 Å². The summed E-state index contributed by atoms with van der Waals surface area (Å²) in [4.78, 5) is 27.3. The SMILES string of the molecule is CP(C)N(O)c1ccccc1-c1ccc(N2CCC(NC(=O)Nc3ccc(Cl)cc3F)C2=O)c(F)c1F. The number of halogens is 4. The lowest BCUT2D eigenvalue weighted by molar-refractivity contribution is -0.118. The van der Waals surface area contributed by atoms with E-state index in [0.29, 0.717) is 11.3 Å². The normalized spacial score (nSPS) is 15.3. The number of hydrogen-bond acceptors (Lipinski definition) is 4. The van der Waals surface area contributed by atoms with Crippen molar-refractivity contribution in [3.05, 3.63) is 77.1 Å². The number of benzene rings is 3. The second-order valence-corrected chi connectivity index (χ2v) is 11.0. The van der Waals surface area contributed by atoms with E-state index in [-0.39, 0.29) is 34.9 Å². The molecule has 1 saturated heterocycles. The molecule has 0 aromatic heterocycles. The number of nitrogens with one attached hydrogen (secondary N) is 2. The second kappa shape index (κ2) is 11.0. The monoisotopic (exact) mass is 550 g/mol. The highest BCUT2D eigenvalue weighted by molar-refractivity contribution is 7.57. The van der Waals surface area contributed by atoms with Crippen molar-refractivity contribution in [2.24, 2.45) is 0 Å².